The Kier molecular flexibility index (Phi) is 1.72. The van der Waals surface area contributed by atoms with E-state index in [2.05, 4.69) is 35.4 Å². The van der Waals surface area contributed by atoms with Gasteiger partial charge in [-0.3, -0.25) is 0 Å². The van der Waals surface area contributed by atoms with Gasteiger partial charge in [0.1, 0.15) is 0 Å². The molecule has 0 aromatic carbocycles. The van der Waals surface area contributed by atoms with Gasteiger partial charge in [0, 0.05) is 10.00 Å². The van der Waals surface area contributed by atoms with Gasteiger partial charge in [-0.1, -0.05) is 35.4 Å². The molecule has 2 fully saturated rings. The molecule has 10 heavy (non-hydrogen) atoms. The van der Waals surface area contributed by atoms with Crippen LogP contribution in [0.1, 0.15) is 33.1 Å². The minimum absolute atomic E-state index is 0.690. The van der Waals surface area contributed by atoms with E-state index in [-0.39, 0.29) is 0 Å². The van der Waals surface area contributed by atoms with Crippen molar-refractivity contribution < 1.29 is 0 Å². The number of hydrogen-bond donors (Lipinski definition) is 0. The van der Waals surface area contributed by atoms with Gasteiger partial charge in [-0.2, -0.15) is 0 Å². The third kappa shape index (κ3) is 0.918. The second-order valence-corrected chi connectivity index (χ2v) is 6.68. The zero-order chi connectivity index (χ0) is 7.19. The van der Waals surface area contributed by atoms with Gasteiger partial charge in [0.2, 0.25) is 0 Å². The van der Waals surface area contributed by atoms with Crippen LogP contribution in [0, 0.1) is 5.92 Å². The van der Waals surface area contributed by atoms with Gasteiger partial charge in [-0.25, -0.2) is 0 Å². The SMILES string of the molecule is CC(C)C12CCC(C1)SS2. The lowest BCUT2D eigenvalue weighted by Gasteiger charge is -2.28. The lowest BCUT2D eigenvalue weighted by molar-refractivity contribution is 0.450. The second-order valence-electron chi connectivity index (χ2n) is 3.76. The summed E-state index contributed by atoms with van der Waals surface area (Å²) >= 11 is 0. The van der Waals surface area contributed by atoms with Gasteiger partial charge in [-0.05, 0) is 25.2 Å². The molecule has 0 nitrogen and oxygen atoms in total. The van der Waals surface area contributed by atoms with Gasteiger partial charge in [-0.15, -0.1) is 0 Å². The highest BCUT2D eigenvalue weighted by Crippen LogP contribution is 2.63. The van der Waals surface area contributed by atoms with E-state index in [0.29, 0.717) is 4.75 Å². The van der Waals surface area contributed by atoms with Gasteiger partial charge in [0.15, 0.2) is 0 Å². The Bertz CT molecular complexity index is 134. The molecule has 0 amide bonds. The maximum absolute atomic E-state index is 2.38. The maximum atomic E-state index is 2.38. The van der Waals surface area contributed by atoms with E-state index in [1.807, 2.05) is 0 Å². The first-order valence-corrected chi connectivity index (χ1v) is 6.29. The summed E-state index contributed by atoms with van der Waals surface area (Å²) in [6.45, 7) is 4.75. The monoisotopic (exact) mass is 174 g/mol. The van der Waals surface area contributed by atoms with Gasteiger partial charge in [0.05, 0.1) is 0 Å². The lowest BCUT2D eigenvalue weighted by atomic mass is 9.93. The summed E-state index contributed by atoms with van der Waals surface area (Å²) in [6, 6.07) is 0. The zero-order valence-corrected chi connectivity index (χ0v) is 8.23. The van der Waals surface area contributed by atoms with E-state index in [4.69, 9.17) is 0 Å². The predicted octanol–water partition coefficient (Wildman–Crippen LogP) is 3.33. The van der Waals surface area contributed by atoms with Crippen LogP contribution in [0.5, 0.6) is 0 Å². The summed E-state index contributed by atoms with van der Waals surface area (Å²) < 4.78 is 0.690. The van der Waals surface area contributed by atoms with Crippen molar-refractivity contribution in [1.29, 1.82) is 0 Å². The van der Waals surface area contributed by atoms with Crippen LogP contribution in [0.25, 0.3) is 0 Å². The molecule has 0 aromatic rings. The van der Waals surface area contributed by atoms with E-state index < -0.39 is 0 Å². The Labute approximate surface area is 70.9 Å². The van der Waals surface area contributed by atoms with Crippen molar-refractivity contribution in [3.8, 4) is 0 Å². The Morgan fingerprint density at radius 1 is 1.50 bits per heavy atom. The Hall–Kier alpha value is 0.700. The summed E-state index contributed by atoms with van der Waals surface area (Å²) in [5.41, 5.74) is 0. The molecule has 2 rings (SSSR count). The largest absolute Gasteiger partial charge is 0.0901 e. The fourth-order valence-electron chi connectivity index (χ4n) is 1.94. The van der Waals surface area contributed by atoms with Gasteiger partial charge >= 0.3 is 0 Å². The van der Waals surface area contributed by atoms with Crippen LogP contribution in [0.3, 0.4) is 0 Å². The van der Waals surface area contributed by atoms with Gasteiger partial charge < -0.3 is 0 Å². The molecule has 2 heteroatoms. The van der Waals surface area contributed by atoms with Gasteiger partial charge in [0.25, 0.3) is 0 Å². The molecular weight excluding hydrogens is 160 g/mol. The molecule has 0 N–H and O–H groups in total. The zero-order valence-electron chi connectivity index (χ0n) is 6.59. The Morgan fingerprint density at radius 2 is 2.30 bits per heavy atom. The summed E-state index contributed by atoms with van der Waals surface area (Å²) in [6.07, 6.45) is 4.45. The van der Waals surface area contributed by atoms with Crippen LogP contribution in [0.15, 0.2) is 0 Å². The minimum Gasteiger partial charge on any atom is -0.0901 e. The fraction of sp³-hybridized carbons (Fsp3) is 1.00. The van der Waals surface area contributed by atoms with Crippen LogP contribution in [-0.2, 0) is 0 Å². The third-order valence-electron chi connectivity index (χ3n) is 2.87. The van der Waals surface area contributed by atoms with Crippen LogP contribution < -0.4 is 0 Å². The van der Waals surface area contributed by atoms with Crippen molar-refractivity contribution in [2.24, 2.45) is 5.92 Å². The van der Waals surface area contributed by atoms with E-state index in [1.54, 1.807) is 0 Å². The first-order valence-electron chi connectivity index (χ1n) is 4.07. The second kappa shape index (κ2) is 2.34. The topological polar surface area (TPSA) is 0 Å². The van der Waals surface area contributed by atoms with Crippen molar-refractivity contribution >= 4 is 21.6 Å². The predicted molar refractivity (Wildman–Crippen MR) is 50.4 cm³/mol. The van der Waals surface area contributed by atoms with Crippen molar-refractivity contribution in [2.45, 2.75) is 43.1 Å². The number of hydrogen-bond acceptors (Lipinski definition) is 2. The third-order valence-corrected chi connectivity index (χ3v) is 6.91. The molecule has 1 aliphatic heterocycles. The summed E-state index contributed by atoms with van der Waals surface area (Å²) in [7, 11) is 4.30. The molecule has 1 saturated carbocycles. The summed E-state index contributed by atoms with van der Waals surface area (Å²) in [5, 5.41) is 1.01. The van der Waals surface area contributed by atoms with E-state index >= 15 is 0 Å². The molecule has 58 valence electrons. The van der Waals surface area contributed by atoms with Crippen LogP contribution >= 0.6 is 21.6 Å². The quantitative estimate of drug-likeness (QED) is 0.559. The number of rotatable bonds is 1. The molecule has 1 aliphatic carbocycles. The van der Waals surface area contributed by atoms with Crippen LogP contribution in [0.2, 0.25) is 0 Å². The molecule has 0 spiro atoms. The van der Waals surface area contributed by atoms with Crippen molar-refractivity contribution in [3.63, 3.8) is 0 Å². The first-order chi connectivity index (χ1) is 4.73. The fourth-order valence-corrected chi connectivity index (χ4v) is 6.12. The minimum atomic E-state index is 0.690. The van der Waals surface area contributed by atoms with Crippen LogP contribution in [0.4, 0.5) is 0 Å². The Morgan fingerprint density at radius 3 is 2.50 bits per heavy atom. The van der Waals surface area contributed by atoms with E-state index in [9.17, 15) is 0 Å². The molecule has 2 atom stereocenters. The van der Waals surface area contributed by atoms with Crippen LogP contribution in [-0.4, -0.2) is 10.00 Å². The average molecular weight is 174 g/mol. The standard InChI is InChI=1S/C8H14S2/c1-6(2)8-4-3-7(5-8)9-10-8/h6-7H,3-5H2,1-2H3. The highest BCUT2D eigenvalue weighted by molar-refractivity contribution is 8.78. The smallest absolute Gasteiger partial charge is 0.0297 e. The Balaban J connectivity index is 2.15. The summed E-state index contributed by atoms with van der Waals surface area (Å²) in [4.78, 5) is 0. The molecule has 1 saturated heterocycles. The number of fused-ring (bicyclic) bond motifs is 2. The van der Waals surface area contributed by atoms with Crippen molar-refractivity contribution in [3.05, 3.63) is 0 Å². The normalized spacial score (nSPS) is 45.3. The highest BCUT2D eigenvalue weighted by atomic mass is 33.1. The summed E-state index contributed by atoms with van der Waals surface area (Å²) in [5.74, 6) is 0.887. The average Bonchev–Trinajstić information content (AvgIpc) is 2.45. The first kappa shape index (κ1) is 7.35. The molecule has 2 aliphatic rings. The molecular formula is C8H14S2. The molecule has 0 radical (unpaired) electrons. The molecule has 2 unspecified atom stereocenters. The molecule has 2 bridgehead atoms. The van der Waals surface area contributed by atoms with Crippen molar-refractivity contribution in [1.82, 2.24) is 0 Å². The molecule has 0 aromatic heterocycles. The highest BCUT2D eigenvalue weighted by Gasteiger charge is 2.48. The van der Waals surface area contributed by atoms with E-state index in [1.165, 1.54) is 19.3 Å². The maximum Gasteiger partial charge on any atom is 0.0297 e. The van der Waals surface area contributed by atoms with Crippen molar-refractivity contribution in [2.75, 3.05) is 0 Å². The molecule has 1 heterocycles. The van der Waals surface area contributed by atoms with E-state index in [0.717, 1.165) is 11.2 Å². The lowest BCUT2D eigenvalue weighted by Crippen LogP contribution is -2.24.